The summed E-state index contributed by atoms with van der Waals surface area (Å²) in [7, 11) is 0. The number of aromatic nitrogens is 1. The fourth-order valence-electron chi connectivity index (χ4n) is 4.27. The molecule has 2 aromatic rings. The van der Waals surface area contributed by atoms with Crippen molar-refractivity contribution in [3.05, 3.63) is 51.7 Å². The van der Waals surface area contributed by atoms with Gasteiger partial charge in [0.1, 0.15) is 0 Å². The van der Waals surface area contributed by atoms with Crippen LogP contribution in [-0.4, -0.2) is 56.8 Å². The number of benzene rings is 1. The van der Waals surface area contributed by atoms with E-state index in [9.17, 15) is 25.1 Å². The highest BCUT2D eigenvalue weighted by Crippen LogP contribution is 2.29. The first kappa shape index (κ1) is 27.5. The lowest BCUT2D eigenvalue weighted by Crippen LogP contribution is -2.36. The monoisotopic (exact) mass is 473 g/mol. The van der Waals surface area contributed by atoms with E-state index in [4.69, 9.17) is 0 Å². The number of hydrogen-bond acceptors (Lipinski definition) is 5. The summed E-state index contributed by atoms with van der Waals surface area (Å²) >= 11 is 0. The zero-order chi connectivity index (χ0) is 24.9. The van der Waals surface area contributed by atoms with Crippen molar-refractivity contribution in [1.29, 1.82) is 0 Å². The molecule has 8 nitrogen and oxygen atoms in total. The predicted octanol–water partition coefficient (Wildman–Crippen LogP) is 4.94. The summed E-state index contributed by atoms with van der Waals surface area (Å²) in [5.41, 5.74) is 3.02. The number of nitro groups is 1. The molecular formula is C26H39N3O5. The van der Waals surface area contributed by atoms with Gasteiger partial charge >= 0.3 is 0 Å². The lowest BCUT2D eigenvalue weighted by Gasteiger charge is -2.20. The zero-order valence-electron chi connectivity index (χ0n) is 20.5. The van der Waals surface area contributed by atoms with Crippen LogP contribution in [0.3, 0.4) is 0 Å². The number of nitro benzene ring substituents is 1. The van der Waals surface area contributed by atoms with Gasteiger partial charge in [-0.15, -0.1) is 0 Å². The molecule has 0 unspecified atom stereocenters. The van der Waals surface area contributed by atoms with Crippen LogP contribution in [0.5, 0.6) is 0 Å². The minimum atomic E-state index is -0.425. The highest BCUT2D eigenvalue weighted by atomic mass is 16.6. The van der Waals surface area contributed by atoms with Crippen molar-refractivity contribution in [3.63, 3.8) is 0 Å². The van der Waals surface area contributed by atoms with Crippen molar-refractivity contribution < 1.29 is 19.9 Å². The van der Waals surface area contributed by atoms with E-state index in [0.29, 0.717) is 5.56 Å². The summed E-state index contributed by atoms with van der Waals surface area (Å²) in [6, 6.07) is 8.20. The molecule has 0 bridgehead atoms. The number of hydrogen-bond donors (Lipinski definition) is 2. The van der Waals surface area contributed by atoms with Gasteiger partial charge in [-0.1, -0.05) is 51.9 Å². The molecule has 0 fully saturated rings. The van der Waals surface area contributed by atoms with Crippen molar-refractivity contribution in [1.82, 2.24) is 9.47 Å². The first-order valence-electron chi connectivity index (χ1n) is 12.4. The smallest absolute Gasteiger partial charge is 0.269 e. The molecule has 0 aliphatic carbocycles. The molecule has 0 atom stereocenters. The molecule has 1 aromatic heterocycles. The first-order chi connectivity index (χ1) is 16.4. The Kier molecular flexibility index (Phi) is 11.8. The Morgan fingerprint density at radius 2 is 1.53 bits per heavy atom. The molecule has 1 amide bonds. The summed E-state index contributed by atoms with van der Waals surface area (Å²) in [5, 5.41) is 29.7. The molecule has 2 N–H and O–H groups in total. The zero-order valence-corrected chi connectivity index (χ0v) is 20.5. The van der Waals surface area contributed by atoms with Crippen LogP contribution < -0.4 is 0 Å². The van der Waals surface area contributed by atoms with E-state index in [0.717, 1.165) is 36.3 Å². The Balaban J connectivity index is 2.24. The number of non-ortho nitro benzene ring substituents is 1. The minimum absolute atomic E-state index is 0.0232. The SMILES string of the molecule is CCCCCCCCCCn1c(-c2ccc([N+](=O)[O-])cc2)cc(C(=O)N(CCO)CCO)c1C. The molecule has 188 valence electrons. The molecule has 1 aromatic carbocycles. The third-order valence-electron chi connectivity index (χ3n) is 6.23. The Morgan fingerprint density at radius 3 is 2.06 bits per heavy atom. The first-order valence-corrected chi connectivity index (χ1v) is 12.4. The summed E-state index contributed by atoms with van der Waals surface area (Å²) in [4.78, 5) is 25.3. The molecule has 2 rings (SSSR count). The van der Waals surface area contributed by atoms with E-state index in [1.165, 1.54) is 55.6 Å². The van der Waals surface area contributed by atoms with Crippen LogP contribution in [0.15, 0.2) is 30.3 Å². The van der Waals surface area contributed by atoms with E-state index < -0.39 is 4.92 Å². The lowest BCUT2D eigenvalue weighted by molar-refractivity contribution is -0.384. The van der Waals surface area contributed by atoms with Gasteiger partial charge in [0.05, 0.1) is 23.7 Å². The van der Waals surface area contributed by atoms with Crippen LogP contribution in [0.25, 0.3) is 11.3 Å². The van der Waals surface area contributed by atoms with Crippen LogP contribution in [0.2, 0.25) is 0 Å². The maximum absolute atomic E-state index is 13.2. The Labute approximate surface area is 202 Å². The minimum Gasteiger partial charge on any atom is -0.395 e. The van der Waals surface area contributed by atoms with Crippen molar-refractivity contribution in [2.24, 2.45) is 0 Å². The Morgan fingerprint density at radius 1 is 0.971 bits per heavy atom. The lowest BCUT2D eigenvalue weighted by atomic mass is 10.1. The fraction of sp³-hybridized carbons (Fsp3) is 0.577. The Bertz CT molecular complexity index is 902. The topological polar surface area (TPSA) is 109 Å². The third-order valence-corrected chi connectivity index (χ3v) is 6.23. The standard InChI is InChI=1S/C26H39N3O5/c1-3-4-5-6-7-8-9-10-15-28-21(2)24(26(32)27(16-18-30)17-19-31)20-25(28)22-11-13-23(14-12-22)29(33)34/h11-14,20,30-31H,3-10,15-19H2,1-2H3. The third kappa shape index (κ3) is 7.67. The van der Waals surface area contributed by atoms with Crippen LogP contribution in [0.1, 0.15) is 74.3 Å². The van der Waals surface area contributed by atoms with Gasteiger partial charge < -0.3 is 19.7 Å². The van der Waals surface area contributed by atoms with Crippen LogP contribution in [0, 0.1) is 17.0 Å². The maximum atomic E-state index is 13.2. The summed E-state index contributed by atoms with van der Waals surface area (Å²) in [6.45, 7) is 4.80. The van der Waals surface area contributed by atoms with Gasteiger partial charge in [-0.2, -0.15) is 0 Å². The number of carbonyl (C=O) groups is 1. The van der Waals surface area contributed by atoms with E-state index in [-0.39, 0.29) is 37.9 Å². The number of rotatable bonds is 16. The molecule has 0 saturated carbocycles. The second-order valence-electron chi connectivity index (χ2n) is 8.70. The van der Waals surface area contributed by atoms with Gasteiger partial charge in [-0.3, -0.25) is 14.9 Å². The Hall–Kier alpha value is -2.71. The normalized spacial score (nSPS) is 11.1. The van der Waals surface area contributed by atoms with Gasteiger partial charge in [0.25, 0.3) is 11.6 Å². The van der Waals surface area contributed by atoms with E-state index in [2.05, 4.69) is 11.5 Å². The number of aliphatic hydroxyl groups is 2. The molecule has 0 spiro atoms. The average molecular weight is 474 g/mol. The maximum Gasteiger partial charge on any atom is 0.269 e. The molecule has 0 radical (unpaired) electrons. The molecule has 8 heteroatoms. The molecule has 0 aliphatic heterocycles. The van der Waals surface area contributed by atoms with Crippen molar-refractivity contribution in [2.75, 3.05) is 26.3 Å². The summed E-state index contributed by atoms with van der Waals surface area (Å²) in [6.07, 6.45) is 9.61. The quantitative estimate of drug-likeness (QED) is 0.204. The van der Waals surface area contributed by atoms with Crippen LogP contribution >= 0.6 is 0 Å². The van der Waals surface area contributed by atoms with E-state index >= 15 is 0 Å². The van der Waals surface area contributed by atoms with Gasteiger partial charge in [-0.25, -0.2) is 0 Å². The number of amides is 1. The number of nitrogens with zero attached hydrogens (tertiary/aromatic N) is 3. The van der Waals surface area contributed by atoms with Crippen molar-refractivity contribution in [3.8, 4) is 11.3 Å². The molecular weight excluding hydrogens is 434 g/mol. The van der Waals surface area contributed by atoms with Crippen LogP contribution in [0.4, 0.5) is 5.69 Å². The molecule has 0 saturated heterocycles. The molecule has 34 heavy (non-hydrogen) atoms. The highest BCUT2D eigenvalue weighted by molar-refractivity contribution is 5.97. The van der Waals surface area contributed by atoms with Crippen LogP contribution in [-0.2, 0) is 6.54 Å². The molecule has 0 aliphatic rings. The number of unbranched alkanes of at least 4 members (excludes halogenated alkanes) is 7. The summed E-state index contributed by atoms with van der Waals surface area (Å²) in [5.74, 6) is -0.238. The second kappa shape index (κ2) is 14.5. The van der Waals surface area contributed by atoms with Crippen molar-refractivity contribution in [2.45, 2.75) is 71.8 Å². The van der Waals surface area contributed by atoms with E-state index in [1.54, 1.807) is 12.1 Å². The fourth-order valence-corrected chi connectivity index (χ4v) is 4.27. The van der Waals surface area contributed by atoms with Gasteiger partial charge in [0.15, 0.2) is 0 Å². The predicted molar refractivity (Wildman–Crippen MR) is 134 cm³/mol. The van der Waals surface area contributed by atoms with Gasteiger partial charge in [0.2, 0.25) is 0 Å². The number of carbonyl (C=O) groups excluding carboxylic acids is 1. The van der Waals surface area contributed by atoms with E-state index in [1.807, 2.05) is 13.0 Å². The van der Waals surface area contributed by atoms with Gasteiger partial charge in [-0.05, 0) is 37.1 Å². The van der Waals surface area contributed by atoms with Gasteiger partial charge in [0, 0.05) is 43.2 Å². The second-order valence-corrected chi connectivity index (χ2v) is 8.70. The summed E-state index contributed by atoms with van der Waals surface area (Å²) < 4.78 is 2.11. The molecule has 1 heterocycles. The number of aliphatic hydroxyl groups excluding tert-OH is 2. The van der Waals surface area contributed by atoms with Crippen molar-refractivity contribution >= 4 is 11.6 Å². The average Bonchev–Trinajstić information content (AvgIpc) is 3.16. The highest BCUT2D eigenvalue weighted by Gasteiger charge is 2.23. The largest absolute Gasteiger partial charge is 0.395 e.